The zero-order valence-corrected chi connectivity index (χ0v) is 13.1. The first kappa shape index (κ1) is 12.6. The van der Waals surface area contributed by atoms with Crippen LogP contribution < -0.4 is 0 Å². The molecule has 4 aliphatic rings. The fourth-order valence-corrected chi connectivity index (χ4v) is 6.83. The lowest BCUT2D eigenvalue weighted by Crippen LogP contribution is -2.62. The zero-order chi connectivity index (χ0) is 13.7. The Morgan fingerprint density at radius 3 is 2.53 bits per heavy atom. The van der Waals surface area contributed by atoms with Crippen molar-refractivity contribution in [2.24, 2.45) is 28.1 Å². The van der Waals surface area contributed by atoms with Gasteiger partial charge in [-0.25, -0.2) is 0 Å². The van der Waals surface area contributed by atoms with Crippen LogP contribution in [0, 0.1) is 28.1 Å². The summed E-state index contributed by atoms with van der Waals surface area (Å²) in [6, 6.07) is 0. The van der Waals surface area contributed by atoms with E-state index in [2.05, 4.69) is 34.6 Å². The molecule has 1 heterocycles. The molecule has 2 bridgehead atoms. The summed E-state index contributed by atoms with van der Waals surface area (Å²) in [4.78, 5) is 0. The summed E-state index contributed by atoms with van der Waals surface area (Å²) in [6.07, 6.45) is 5.74. The van der Waals surface area contributed by atoms with Crippen LogP contribution in [0.3, 0.4) is 0 Å². The molecule has 3 aliphatic carbocycles. The Labute approximate surface area is 117 Å². The molecule has 0 aromatic heterocycles. The molecule has 5 unspecified atom stereocenters. The van der Waals surface area contributed by atoms with E-state index in [4.69, 9.17) is 9.47 Å². The Hall–Kier alpha value is -0.0800. The smallest absolute Gasteiger partial charge is 0.148 e. The summed E-state index contributed by atoms with van der Waals surface area (Å²) in [5.74, 6) is 1.57. The molecule has 108 valence electrons. The summed E-state index contributed by atoms with van der Waals surface area (Å²) < 4.78 is 12.2. The molecule has 1 spiro atoms. The average molecular weight is 264 g/mol. The number of hydrogen-bond acceptors (Lipinski definition) is 2. The van der Waals surface area contributed by atoms with Gasteiger partial charge >= 0.3 is 0 Å². The van der Waals surface area contributed by atoms with Gasteiger partial charge in [0.05, 0.1) is 11.7 Å². The van der Waals surface area contributed by atoms with E-state index in [0.717, 1.165) is 12.3 Å². The third-order valence-electron chi connectivity index (χ3n) is 7.68. The van der Waals surface area contributed by atoms with Gasteiger partial charge in [0.2, 0.25) is 0 Å². The van der Waals surface area contributed by atoms with Crippen molar-refractivity contribution in [2.45, 2.75) is 72.0 Å². The van der Waals surface area contributed by atoms with Crippen LogP contribution in [0.1, 0.15) is 60.3 Å². The van der Waals surface area contributed by atoms with Crippen LogP contribution in [0.4, 0.5) is 0 Å². The molecule has 4 fully saturated rings. The highest BCUT2D eigenvalue weighted by Crippen LogP contribution is 2.77. The van der Waals surface area contributed by atoms with E-state index in [-0.39, 0.29) is 5.60 Å². The molecule has 1 saturated heterocycles. The van der Waals surface area contributed by atoms with Crippen LogP contribution in [0.15, 0.2) is 0 Å². The molecular formula is C17H28O2. The minimum atomic E-state index is -0.0544. The van der Waals surface area contributed by atoms with E-state index in [1.807, 2.05) is 0 Å². The molecule has 1 aliphatic heterocycles. The monoisotopic (exact) mass is 264 g/mol. The van der Waals surface area contributed by atoms with Gasteiger partial charge in [0.1, 0.15) is 6.79 Å². The highest BCUT2D eigenvalue weighted by molar-refractivity contribution is 5.22. The van der Waals surface area contributed by atoms with Gasteiger partial charge in [-0.3, -0.25) is 0 Å². The molecular weight excluding hydrogens is 236 g/mol. The molecule has 0 aromatic carbocycles. The van der Waals surface area contributed by atoms with Crippen LogP contribution in [-0.4, -0.2) is 18.5 Å². The Morgan fingerprint density at radius 1 is 1.05 bits per heavy atom. The predicted octanol–water partition coefficient (Wildman–Crippen LogP) is 3.99. The van der Waals surface area contributed by atoms with Crippen LogP contribution in [0.25, 0.3) is 0 Å². The highest BCUT2D eigenvalue weighted by Gasteiger charge is 2.74. The Morgan fingerprint density at radius 2 is 1.79 bits per heavy atom. The molecule has 0 N–H and O–H groups in total. The predicted molar refractivity (Wildman–Crippen MR) is 74.7 cm³/mol. The van der Waals surface area contributed by atoms with E-state index in [1.165, 1.54) is 19.3 Å². The van der Waals surface area contributed by atoms with Crippen molar-refractivity contribution >= 4 is 0 Å². The third-order valence-corrected chi connectivity index (χ3v) is 7.68. The van der Waals surface area contributed by atoms with Gasteiger partial charge < -0.3 is 9.47 Å². The fraction of sp³-hybridized carbons (Fsp3) is 1.00. The SMILES string of the molecule is CC12CC(C)(C)C34CCC(C3)C(C)(C)C4C1OCO2. The topological polar surface area (TPSA) is 18.5 Å². The summed E-state index contributed by atoms with van der Waals surface area (Å²) in [7, 11) is 0. The lowest BCUT2D eigenvalue weighted by Gasteiger charge is -2.61. The summed E-state index contributed by atoms with van der Waals surface area (Å²) >= 11 is 0. The Balaban J connectivity index is 1.88. The van der Waals surface area contributed by atoms with Crippen LogP contribution >= 0.6 is 0 Å². The molecule has 2 heteroatoms. The van der Waals surface area contributed by atoms with Gasteiger partial charge in [0.15, 0.2) is 0 Å². The molecule has 0 aromatic rings. The van der Waals surface area contributed by atoms with Gasteiger partial charge in [-0.1, -0.05) is 27.7 Å². The molecule has 4 rings (SSSR count). The normalized spacial score (nSPS) is 57.0. The lowest BCUT2D eigenvalue weighted by molar-refractivity contribution is -0.176. The van der Waals surface area contributed by atoms with Crippen molar-refractivity contribution in [1.29, 1.82) is 0 Å². The quantitative estimate of drug-likeness (QED) is 0.658. The number of fused-ring (bicyclic) bond motifs is 3. The standard InChI is InChI=1S/C17H28O2/c1-14(2)9-16(5)13(18-10-19-16)12-15(3,4)11-6-7-17(12,14)8-11/h11-13H,6-10H2,1-5H3. The summed E-state index contributed by atoms with van der Waals surface area (Å²) in [5, 5.41) is 0. The number of hydrogen-bond donors (Lipinski definition) is 0. The molecule has 5 atom stereocenters. The maximum atomic E-state index is 6.13. The van der Waals surface area contributed by atoms with Crippen molar-refractivity contribution in [1.82, 2.24) is 0 Å². The molecule has 19 heavy (non-hydrogen) atoms. The van der Waals surface area contributed by atoms with Gasteiger partial charge in [-0.2, -0.15) is 0 Å². The second kappa shape index (κ2) is 3.22. The first-order valence-electron chi connectivity index (χ1n) is 7.99. The van der Waals surface area contributed by atoms with E-state index in [1.54, 1.807) is 0 Å². The maximum Gasteiger partial charge on any atom is 0.148 e. The van der Waals surface area contributed by atoms with Gasteiger partial charge in [-0.05, 0) is 60.7 Å². The first-order chi connectivity index (χ1) is 8.73. The Bertz CT molecular complexity index is 427. The van der Waals surface area contributed by atoms with E-state index in [9.17, 15) is 0 Å². The van der Waals surface area contributed by atoms with Crippen molar-refractivity contribution < 1.29 is 9.47 Å². The first-order valence-corrected chi connectivity index (χ1v) is 7.99. The van der Waals surface area contributed by atoms with Crippen LogP contribution in [0.5, 0.6) is 0 Å². The van der Waals surface area contributed by atoms with Gasteiger partial charge in [0.25, 0.3) is 0 Å². The zero-order valence-electron chi connectivity index (χ0n) is 13.1. The maximum absolute atomic E-state index is 6.13. The minimum Gasteiger partial charge on any atom is -0.349 e. The highest BCUT2D eigenvalue weighted by atomic mass is 16.7. The molecule has 3 saturated carbocycles. The fourth-order valence-electron chi connectivity index (χ4n) is 6.83. The number of rotatable bonds is 0. The number of ether oxygens (including phenoxy) is 2. The summed E-state index contributed by atoms with van der Waals surface area (Å²) in [6.45, 7) is 12.8. The molecule has 2 nitrogen and oxygen atoms in total. The van der Waals surface area contributed by atoms with E-state index >= 15 is 0 Å². The van der Waals surface area contributed by atoms with Crippen molar-refractivity contribution in [3.05, 3.63) is 0 Å². The third kappa shape index (κ3) is 1.22. The van der Waals surface area contributed by atoms with E-state index < -0.39 is 0 Å². The molecule has 0 amide bonds. The van der Waals surface area contributed by atoms with Crippen molar-refractivity contribution in [2.75, 3.05) is 6.79 Å². The minimum absolute atomic E-state index is 0.0544. The largest absolute Gasteiger partial charge is 0.349 e. The van der Waals surface area contributed by atoms with Crippen LogP contribution in [-0.2, 0) is 9.47 Å². The second-order valence-electron chi connectivity index (χ2n) is 9.12. The van der Waals surface area contributed by atoms with Gasteiger partial charge in [-0.15, -0.1) is 0 Å². The van der Waals surface area contributed by atoms with Crippen molar-refractivity contribution in [3.63, 3.8) is 0 Å². The van der Waals surface area contributed by atoms with E-state index in [0.29, 0.717) is 35.1 Å². The van der Waals surface area contributed by atoms with Gasteiger partial charge in [0, 0.05) is 0 Å². The molecule has 0 radical (unpaired) electrons. The Kier molecular flexibility index (Phi) is 2.14. The average Bonchev–Trinajstić information content (AvgIpc) is 2.89. The second-order valence-corrected chi connectivity index (χ2v) is 9.12. The van der Waals surface area contributed by atoms with Crippen molar-refractivity contribution in [3.8, 4) is 0 Å². The lowest BCUT2D eigenvalue weighted by atomic mass is 9.45. The van der Waals surface area contributed by atoms with Crippen LogP contribution in [0.2, 0.25) is 0 Å². The summed E-state index contributed by atoms with van der Waals surface area (Å²) in [5.41, 5.74) is 1.23.